The summed E-state index contributed by atoms with van der Waals surface area (Å²) in [7, 11) is 5.35. The molecule has 11 aliphatic heterocycles. The molecule has 0 aromatic heterocycles. The van der Waals surface area contributed by atoms with Crippen molar-refractivity contribution in [1.82, 2.24) is 5.23 Å². The number of aliphatic hydroxyl groups excluding tert-OH is 5. The Bertz CT molecular complexity index is 3500. The Morgan fingerprint density at radius 3 is 1.95 bits per heavy atom. The van der Waals surface area contributed by atoms with Gasteiger partial charge in [-0.05, 0) is 85.6 Å². The molecule has 109 heavy (non-hydrogen) atoms. The number of phenols is 4. The normalized spacial score (nSPS) is 46.4. The van der Waals surface area contributed by atoms with Crippen LogP contribution in [0.1, 0.15) is 99.6 Å². The molecule has 0 unspecified atom stereocenters. The highest BCUT2D eigenvalue weighted by Gasteiger charge is 2.70. The fraction of sp³-hybridized carbons (Fsp3) is 0.797. The average molecular weight is 1580 g/mol. The first kappa shape index (κ1) is 82.6. The van der Waals surface area contributed by atoms with E-state index in [1.165, 1.54) is 68.3 Å². The molecule has 13 rings (SSSR count). The predicted molar refractivity (Wildman–Crippen MR) is 351 cm³/mol. The van der Waals surface area contributed by atoms with Crippen LogP contribution in [-0.2, 0) is 118 Å². The Morgan fingerprint density at radius 1 is 0.578 bits per heavy atom. The number of aryl methyl sites for hydroxylation is 2. The molecule has 2 aromatic rings. The molecule has 35 atom stereocenters. The van der Waals surface area contributed by atoms with Gasteiger partial charge in [0.15, 0.2) is 61.8 Å². The van der Waals surface area contributed by atoms with Crippen LogP contribution in [0.5, 0.6) is 23.0 Å². The van der Waals surface area contributed by atoms with E-state index in [0.717, 1.165) is 6.07 Å². The van der Waals surface area contributed by atoms with Crippen molar-refractivity contribution in [2.75, 3.05) is 55.1 Å². The Morgan fingerprint density at radius 2 is 1.27 bits per heavy atom. The summed E-state index contributed by atoms with van der Waals surface area (Å²) in [5.41, 5.74) is -3.37. The van der Waals surface area contributed by atoms with Crippen LogP contribution in [0.15, 0.2) is 18.2 Å². The van der Waals surface area contributed by atoms with E-state index in [1.54, 1.807) is 34.6 Å². The van der Waals surface area contributed by atoms with Crippen LogP contribution < -0.4 is 0 Å². The lowest BCUT2D eigenvalue weighted by Gasteiger charge is -2.50. The fourth-order valence-electron chi connectivity index (χ4n) is 16.8. The molecule has 0 radical (unpaired) electrons. The largest absolute Gasteiger partial charge is 0.508 e. The van der Waals surface area contributed by atoms with Crippen molar-refractivity contribution < 1.29 is 184 Å². The van der Waals surface area contributed by atoms with Crippen molar-refractivity contribution in [1.29, 1.82) is 0 Å². The molecule has 0 amide bonds. The lowest BCUT2D eigenvalue weighted by atomic mass is 9.85. The monoisotopic (exact) mass is 1580 g/mol. The van der Waals surface area contributed by atoms with E-state index in [2.05, 4.69) is 0 Å². The highest BCUT2D eigenvalue weighted by atomic mass is 35.5. The van der Waals surface area contributed by atoms with Crippen LogP contribution in [0.3, 0.4) is 0 Å². The molecular formula is C69H98ClNO38. The highest BCUT2D eigenvalue weighted by Crippen LogP contribution is 2.53. The molecular weight excluding hydrogens is 1490 g/mol. The number of rotatable bonds is 20. The molecule has 11 aliphatic rings. The molecule has 2 aromatic carbocycles. The maximum absolute atomic E-state index is 14.0. The summed E-state index contributed by atoms with van der Waals surface area (Å²) >= 11 is 6.14. The SMILES string of the molecule is COC[C@H]1O[C@@H](O[C@@H]2OC[C@@H]3O[C@@]4(OC[C@@H](OC(=O)c5c(C)cc(O)cc5O)[C@@H]5OCO[C@H]54)O[C@H]3[C@H]2O)[C@@H](OC)[C@@H](O)[C@@H]1O[C@@H]1O[C@H](C)[C@H](OC)[C@H](O[C@@H]2O[C@H](C)[C@H]3O[C@]4(C[C@@H](O)[C@H](O[C@H]5C[C@@H](O[C@H]6C[C@](C)(N(O)O)[C@@H](OC)[C@H](C)O6)[C@H](OC(=O)c6c(C)cc(O)c(Cl)c6O)[C@@H](C)O5)[C@@H](C)O4)O[C@]3(C)[C@@H]2O)[C@H]1O. The number of nitrogens with zero attached hydrogens (tertiary/aromatic N) is 1. The van der Waals surface area contributed by atoms with Crippen molar-refractivity contribution >= 4 is 23.5 Å². The number of aliphatic hydroxyl groups is 5. The third-order valence-electron chi connectivity index (χ3n) is 22.2. The van der Waals surface area contributed by atoms with E-state index in [4.69, 9.17) is 130 Å². The number of ether oxygens (including phenoxy) is 25. The first-order chi connectivity index (χ1) is 51.6. The van der Waals surface area contributed by atoms with Gasteiger partial charge in [-0.25, -0.2) is 9.59 Å². The van der Waals surface area contributed by atoms with Crippen molar-refractivity contribution in [3.63, 3.8) is 0 Å². The molecule has 11 heterocycles. The molecule has 11 saturated heterocycles. The third kappa shape index (κ3) is 15.4. The summed E-state index contributed by atoms with van der Waals surface area (Å²) in [5, 5.41) is 123. The predicted octanol–water partition coefficient (Wildman–Crippen LogP) is 0.109. The summed E-state index contributed by atoms with van der Waals surface area (Å²) in [6, 6.07) is 3.46. The van der Waals surface area contributed by atoms with Crippen LogP contribution >= 0.6 is 11.6 Å². The number of halogens is 1. The van der Waals surface area contributed by atoms with Gasteiger partial charge in [0.1, 0.15) is 149 Å². The molecule has 11 N–H and O–H groups in total. The van der Waals surface area contributed by atoms with Gasteiger partial charge in [0, 0.05) is 47.3 Å². The van der Waals surface area contributed by atoms with E-state index in [9.17, 15) is 66.0 Å². The van der Waals surface area contributed by atoms with Gasteiger partial charge in [0.2, 0.25) is 0 Å². The number of aromatic hydroxyl groups is 4. The third-order valence-corrected chi connectivity index (χ3v) is 22.6. The number of phenolic OH excluding ortho intramolecular Hbond substituents is 4. The van der Waals surface area contributed by atoms with Gasteiger partial charge in [0.05, 0.1) is 62.9 Å². The van der Waals surface area contributed by atoms with Gasteiger partial charge in [-0.15, -0.1) is 0 Å². The Kier molecular flexibility index (Phi) is 24.5. The topological polar surface area (TPSA) is 491 Å². The number of methoxy groups -OCH3 is 4. The lowest BCUT2D eigenvalue weighted by molar-refractivity contribution is -0.417. The van der Waals surface area contributed by atoms with Crippen molar-refractivity contribution in [3.05, 3.63) is 45.5 Å². The zero-order valence-corrected chi connectivity index (χ0v) is 62.6. The standard InChI is InChI=1S/C69H98ClNO38/c1-24-14-31(72)16-32(73)41(24)60(81)98-37-22-92-69(59-53(37)90-23-91-59)106-38-21-89-62(46(78)52(38)107-69)104-64-55(87-12)45(77)51(36(99-64)20-85-10)102-63-47(79)54(50(86-11)27(4)95-63)103-65-56(80)67(9)58(30(7)96-65)108-68(109-67)18-34(75)48(28(5)105-68)100-39-17-35(97-40-19-66(8,71(83)84)57(88-13)29(6)94-40)49(26(3)93-39)101-61(82)42-25(2)15-33(74)43(70)44(42)76/h14-16,26-30,34-40,45-59,62-65,72-80,83-84H,17-23H2,1-13H3/t26-,27-,28-,29+,30-,34-,35-,36-,37-,38+,39+,40+,45+,46-,47-,48-,49-,50+,51-,52-,53+,54-,55+,56-,57+,58-,59-,62+,63+,64+,65+,66+,67-,68-,69-/m1/s1. The first-order valence-corrected chi connectivity index (χ1v) is 36.2. The van der Waals surface area contributed by atoms with Crippen LogP contribution in [0, 0.1) is 13.8 Å². The number of carbonyl (C=O) groups is 2. The highest BCUT2D eigenvalue weighted by molar-refractivity contribution is 6.34. The zero-order valence-electron chi connectivity index (χ0n) is 61.8. The number of esters is 2. The second-order valence-electron chi connectivity index (χ2n) is 29.6. The summed E-state index contributed by atoms with van der Waals surface area (Å²) in [6.07, 6.45) is -40.2. The van der Waals surface area contributed by atoms with Crippen molar-refractivity contribution in [3.8, 4) is 23.0 Å². The van der Waals surface area contributed by atoms with Crippen LogP contribution in [-0.4, -0.2) is 342 Å². The maximum Gasteiger partial charge on any atom is 0.342 e. The van der Waals surface area contributed by atoms with Gasteiger partial charge in [-0.1, -0.05) is 16.8 Å². The van der Waals surface area contributed by atoms with Crippen LogP contribution in [0.2, 0.25) is 5.02 Å². The smallest absolute Gasteiger partial charge is 0.342 e. The second-order valence-corrected chi connectivity index (χ2v) is 30.0. The number of hydroxylamine groups is 2. The van der Waals surface area contributed by atoms with E-state index in [-0.39, 0.29) is 72.7 Å². The minimum atomic E-state index is -2.05. The molecule has 39 nitrogen and oxygen atoms in total. The molecule has 0 bridgehead atoms. The number of fused-ring (bicyclic) bond motifs is 4. The molecule has 40 heteroatoms. The van der Waals surface area contributed by atoms with Crippen molar-refractivity contribution in [2.24, 2.45) is 0 Å². The van der Waals surface area contributed by atoms with Gasteiger partial charge in [0.25, 0.3) is 5.97 Å². The lowest BCUT2D eigenvalue weighted by Crippen LogP contribution is -2.68. The van der Waals surface area contributed by atoms with Gasteiger partial charge >= 0.3 is 17.9 Å². The number of hydrogen-bond donors (Lipinski definition) is 11. The Balaban J connectivity index is 0.641. The fourth-order valence-corrected chi connectivity index (χ4v) is 17.0. The van der Waals surface area contributed by atoms with Crippen molar-refractivity contribution in [2.45, 2.75) is 295 Å². The Hall–Kier alpha value is -4.37. The van der Waals surface area contributed by atoms with Gasteiger partial charge in [-0.2, -0.15) is 0 Å². The second kappa shape index (κ2) is 32.4. The Labute approximate surface area is 629 Å². The molecule has 0 aliphatic carbocycles. The quantitative estimate of drug-likeness (QED) is 0.0619. The number of benzene rings is 2. The first-order valence-electron chi connectivity index (χ1n) is 35.9. The van der Waals surface area contributed by atoms with E-state index in [1.807, 2.05) is 0 Å². The van der Waals surface area contributed by atoms with E-state index in [0.29, 0.717) is 0 Å². The van der Waals surface area contributed by atoms with Crippen LogP contribution in [0.25, 0.3) is 0 Å². The molecule has 0 saturated carbocycles. The van der Waals surface area contributed by atoms with E-state index < -0.39 is 254 Å². The minimum absolute atomic E-state index is 0.0244. The summed E-state index contributed by atoms with van der Waals surface area (Å²) in [4.78, 5) is 27.3. The van der Waals surface area contributed by atoms with Crippen LogP contribution in [0.4, 0.5) is 0 Å². The summed E-state index contributed by atoms with van der Waals surface area (Å²) in [5.74, 6) is -8.01. The number of hydrogen-bond acceptors (Lipinski definition) is 39. The van der Waals surface area contributed by atoms with Gasteiger partial charge < -0.3 is 164 Å². The average Bonchev–Trinajstić information content (AvgIpc) is 1.57. The maximum atomic E-state index is 14.0. The molecule has 11 fully saturated rings. The van der Waals surface area contributed by atoms with Gasteiger partial charge in [-0.3, -0.25) is 10.4 Å². The molecule has 614 valence electrons. The van der Waals surface area contributed by atoms with E-state index >= 15 is 0 Å². The number of carbonyl (C=O) groups excluding carboxylic acids is 2. The summed E-state index contributed by atoms with van der Waals surface area (Å²) < 4.78 is 154. The zero-order chi connectivity index (χ0) is 78.6. The minimum Gasteiger partial charge on any atom is -0.508 e. The summed E-state index contributed by atoms with van der Waals surface area (Å²) in [6.45, 7) is 12.9. The molecule has 2 spiro atoms.